The number of methoxy groups -OCH3 is 2. The number of rotatable bonds is 9. The first kappa shape index (κ1) is 26.2. The lowest BCUT2D eigenvalue weighted by molar-refractivity contribution is 0.354. The van der Waals surface area contributed by atoms with Gasteiger partial charge in [0.15, 0.2) is 11.5 Å². The molecule has 6 nitrogen and oxygen atoms in total. The molecule has 0 unspecified atom stereocenters. The molecule has 10 heteroatoms. The fraction of sp³-hybridized carbons (Fsp3) is 0.308. The fourth-order valence-electron chi connectivity index (χ4n) is 4.37. The van der Waals surface area contributed by atoms with Gasteiger partial charge in [0.05, 0.1) is 24.8 Å². The molecule has 1 N–H and O–H groups in total. The van der Waals surface area contributed by atoms with Crippen LogP contribution in [0.5, 0.6) is 11.5 Å². The van der Waals surface area contributed by atoms with Gasteiger partial charge in [0.25, 0.3) is 10.0 Å². The van der Waals surface area contributed by atoms with E-state index in [4.69, 9.17) is 21.1 Å². The number of sulfonamides is 1. The van der Waals surface area contributed by atoms with E-state index in [1.165, 1.54) is 54.9 Å². The molecule has 3 aromatic rings. The highest BCUT2D eigenvalue weighted by Crippen LogP contribution is 2.35. The minimum atomic E-state index is -4.12. The second-order valence-electron chi connectivity index (χ2n) is 8.50. The van der Waals surface area contributed by atoms with Crippen molar-refractivity contribution >= 4 is 27.3 Å². The van der Waals surface area contributed by atoms with Crippen LogP contribution in [0, 0.1) is 11.6 Å². The number of ether oxygens (including phenoxy) is 2. The lowest BCUT2D eigenvalue weighted by Crippen LogP contribution is -2.41. The average Bonchev–Trinajstić information content (AvgIpc) is 3.38. The van der Waals surface area contributed by atoms with Crippen LogP contribution >= 0.6 is 11.6 Å². The summed E-state index contributed by atoms with van der Waals surface area (Å²) < 4.78 is 68.9. The zero-order chi connectivity index (χ0) is 25.9. The first-order valence-electron chi connectivity index (χ1n) is 11.4. The van der Waals surface area contributed by atoms with Gasteiger partial charge in [0.2, 0.25) is 0 Å². The maximum absolute atomic E-state index is 14.5. The summed E-state index contributed by atoms with van der Waals surface area (Å²) in [6.45, 7) is 0.911. The fourth-order valence-corrected chi connectivity index (χ4v) is 6.13. The molecule has 1 aliphatic rings. The number of hydrogen-bond donors (Lipinski definition) is 1. The predicted molar refractivity (Wildman–Crippen MR) is 136 cm³/mol. The Kier molecular flexibility index (Phi) is 8.02. The first-order valence-corrected chi connectivity index (χ1v) is 13.3. The van der Waals surface area contributed by atoms with E-state index in [1.807, 2.05) is 0 Å². The summed E-state index contributed by atoms with van der Waals surface area (Å²) in [5, 5.41) is 3.65. The van der Waals surface area contributed by atoms with Crippen molar-refractivity contribution in [3.05, 3.63) is 82.4 Å². The summed E-state index contributed by atoms with van der Waals surface area (Å²) >= 11 is 6.24. The Morgan fingerprint density at radius 1 is 1.03 bits per heavy atom. The topological polar surface area (TPSA) is 67.9 Å². The lowest BCUT2D eigenvalue weighted by Gasteiger charge is -2.29. The van der Waals surface area contributed by atoms with Gasteiger partial charge in [-0.05, 0) is 67.4 Å². The van der Waals surface area contributed by atoms with Gasteiger partial charge in [-0.1, -0.05) is 17.7 Å². The van der Waals surface area contributed by atoms with Crippen LogP contribution < -0.4 is 19.1 Å². The third-order valence-electron chi connectivity index (χ3n) is 6.23. The third kappa shape index (κ3) is 5.43. The van der Waals surface area contributed by atoms with Gasteiger partial charge in [-0.25, -0.2) is 17.2 Å². The van der Waals surface area contributed by atoms with E-state index in [1.54, 1.807) is 18.2 Å². The van der Waals surface area contributed by atoms with E-state index in [0.717, 1.165) is 19.4 Å². The highest BCUT2D eigenvalue weighted by Gasteiger charge is 2.31. The van der Waals surface area contributed by atoms with Crippen molar-refractivity contribution in [1.29, 1.82) is 0 Å². The zero-order valence-electron chi connectivity index (χ0n) is 19.9. The minimum absolute atomic E-state index is 0.00359. The second kappa shape index (κ2) is 11.0. The smallest absolute Gasteiger partial charge is 0.264 e. The Bertz CT molecular complexity index is 1330. The molecule has 0 bridgehead atoms. The largest absolute Gasteiger partial charge is 0.493 e. The van der Waals surface area contributed by atoms with E-state index in [-0.39, 0.29) is 35.2 Å². The molecule has 0 amide bonds. The Balaban J connectivity index is 1.84. The van der Waals surface area contributed by atoms with Crippen LogP contribution in [0.4, 0.5) is 14.5 Å². The van der Waals surface area contributed by atoms with Crippen LogP contribution in [0.3, 0.4) is 0 Å². The summed E-state index contributed by atoms with van der Waals surface area (Å²) in [6, 6.07) is 12.6. The number of halogens is 3. The molecule has 3 aromatic carbocycles. The monoisotopic (exact) mass is 536 g/mol. The molecular formula is C26H27ClF2N2O4S. The molecule has 4 rings (SSSR count). The summed E-state index contributed by atoms with van der Waals surface area (Å²) in [6.07, 6.45) is 1.54. The molecule has 36 heavy (non-hydrogen) atoms. The lowest BCUT2D eigenvalue weighted by atomic mass is 10.0. The predicted octanol–water partition coefficient (Wildman–Crippen LogP) is 5.17. The van der Waals surface area contributed by atoms with Crippen LogP contribution in [0.2, 0.25) is 5.02 Å². The third-order valence-corrected chi connectivity index (χ3v) is 8.24. The van der Waals surface area contributed by atoms with Gasteiger partial charge in [-0.15, -0.1) is 0 Å². The van der Waals surface area contributed by atoms with Gasteiger partial charge in [-0.2, -0.15) is 0 Å². The molecule has 0 aliphatic carbocycles. The second-order valence-corrected chi connectivity index (χ2v) is 10.8. The molecule has 192 valence electrons. The molecule has 1 atom stereocenters. The zero-order valence-corrected chi connectivity index (χ0v) is 21.5. The molecule has 0 saturated carbocycles. The Labute approximate surface area is 214 Å². The molecule has 1 aliphatic heterocycles. The maximum Gasteiger partial charge on any atom is 0.264 e. The molecule has 1 fully saturated rings. The van der Waals surface area contributed by atoms with E-state index < -0.39 is 21.7 Å². The van der Waals surface area contributed by atoms with Crippen molar-refractivity contribution in [2.75, 3.05) is 31.6 Å². The summed E-state index contributed by atoms with van der Waals surface area (Å²) in [4.78, 5) is -0.00359. The minimum Gasteiger partial charge on any atom is -0.493 e. The summed E-state index contributed by atoms with van der Waals surface area (Å²) in [5.41, 5.74) is 0.516. The maximum atomic E-state index is 14.5. The molecule has 1 saturated heterocycles. The summed E-state index contributed by atoms with van der Waals surface area (Å²) in [5.74, 6) is -0.773. The summed E-state index contributed by atoms with van der Waals surface area (Å²) in [7, 11) is -1.23. The normalized spacial score (nSPS) is 15.6. The van der Waals surface area contributed by atoms with Crippen molar-refractivity contribution in [3.63, 3.8) is 0 Å². The Morgan fingerprint density at radius 2 is 1.75 bits per heavy atom. The van der Waals surface area contributed by atoms with Gasteiger partial charge >= 0.3 is 0 Å². The van der Waals surface area contributed by atoms with Crippen LogP contribution in [-0.2, 0) is 16.4 Å². The van der Waals surface area contributed by atoms with E-state index >= 15 is 0 Å². The van der Waals surface area contributed by atoms with Crippen molar-refractivity contribution < 1.29 is 26.7 Å². The highest BCUT2D eigenvalue weighted by molar-refractivity contribution is 7.92. The molecule has 0 spiro atoms. The molecular weight excluding hydrogens is 510 g/mol. The number of hydrogen-bond acceptors (Lipinski definition) is 5. The Morgan fingerprint density at radius 3 is 2.39 bits per heavy atom. The van der Waals surface area contributed by atoms with Gasteiger partial charge < -0.3 is 14.8 Å². The van der Waals surface area contributed by atoms with Crippen molar-refractivity contribution in [3.8, 4) is 11.5 Å². The first-order chi connectivity index (χ1) is 17.2. The van der Waals surface area contributed by atoms with E-state index in [9.17, 15) is 17.2 Å². The molecule has 0 radical (unpaired) electrons. The van der Waals surface area contributed by atoms with Gasteiger partial charge in [-0.3, -0.25) is 4.31 Å². The Hall–Kier alpha value is -2.88. The van der Waals surface area contributed by atoms with Gasteiger partial charge in [0.1, 0.15) is 11.6 Å². The van der Waals surface area contributed by atoms with Gasteiger partial charge in [0, 0.05) is 35.7 Å². The average molecular weight is 537 g/mol. The van der Waals surface area contributed by atoms with Crippen molar-refractivity contribution in [1.82, 2.24) is 5.32 Å². The van der Waals surface area contributed by atoms with Crippen LogP contribution in [0.15, 0.2) is 59.5 Å². The van der Waals surface area contributed by atoms with Crippen LogP contribution in [-0.4, -0.2) is 41.8 Å². The number of benzene rings is 3. The SMILES string of the molecule is COc1ccc(S(=O)(=O)N(C[C@H]2CCCN2)c2ccc(Cl)cc2Cc2c(F)cccc2F)cc1OC. The van der Waals surface area contributed by atoms with Crippen molar-refractivity contribution in [2.24, 2.45) is 0 Å². The van der Waals surface area contributed by atoms with E-state index in [0.29, 0.717) is 22.0 Å². The molecule has 1 heterocycles. The van der Waals surface area contributed by atoms with E-state index in [2.05, 4.69) is 5.32 Å². The number of nitrogens with zero attached hydrogens (tertiary/aromatic N) is 1. The quantitative estimate of drug-likeness (QED) is 0.408. The number of anilines is 1. The van der Waals surface area contributed by atoms with Crippen LogP contribution in [0.1, 0.15) is 24.0 Å². The molecule has 0 aromatic heterocycles. The van der Waals surface area contributed by atoms with Crippen molar-refractivity contribution in [2.45, 2.75) is 30.2 Å². The number of nitrogens with one attached hydrogen (secondary N) is 1. The van der Waals surface area contributed by atoms with Crippen LogP contribution in [0.25, 0.3) is 0 Å². The highest BCUT2D eigenvalue weighted by atomic mass is 35.5. The standard InChI is InChI=1S/C26H27ClF2N2O4S/c1-34-25-11-9-20(15-26(25)35-2)36(32,33)31(16-19-5-4-12-30-19)24-10-8-18(27)13-17(24)14-21-22(28)6-3-7-23(21)29/h3,6-11,13,15,19,30H,4-5,12,14,16H2,1-2H3/t19-/m1/s1.